The summed E-state index contributed by atoms with van der Waals surface area (Å²) in [4.78, 5) is 22.8. The Hall–Kier alpha value is -2.99. The highest BCUT2D eigenvalue weighted by Crippen LogP contribution is 2.22. The number of nitrogens with zero attached hydrogens (tertiary/aromatic N) is 3. The third-order valence-corrected chi connectivity index (χ3v) is 3.97. The van der Waals surface area contributed by atoms with Crippen molar-refractivity contribution in [2.45, 2.75) is 6.92 Å². The molecule has 0 bridgehead atoms. The molecule has 5 nitrogen and oxygen atoms in total. The zero-order valence-corrected chi connectivity index (χ0v) is 14.7. The van der Waals surface area contributed by atoms with Gasteiger partial charge in [-0.2, -0.15) is 0 Å². The van der Waals surface area contributed by atoms with Gasteiger partial charge in [-0.15, -0.1) is 0 Å². The number of hydrogen-bond donors (Lipinski definition) is 1. The van der Waals surface area contributed by atoms with Crippen molar-refractivity contribution in [1.29, 1.82) is 0 Å². The predicted octanol–water partition coefficient (Wildman–Crippen LogP) is 4.68. The molecule has 1 aromatic heterocycles. The van der Waals surface area contributed by atoms with Crippen LogP contribution in [0.3, 0.4) is 0 Å². The Morgan fingerprint density at radius 3 is 2.65 bits per heavy atom. The van der Waals surface area contributed by atoms with E-state index in [2.05, 4.69) is 15.3 Å². The molecule has 3 aromatic rings. The third kappa shape index (κ3) is 3.97. The number of amides is 1. The van der Waals surface area contributed by atoms with Crippen molar-refractivity contribution in [1.82, 2.24) is 9.97 Å². The van der Waals surface area contributed by atoms with Crippen LogP contribution in [0.4, 0.5) is 21.7 Å². The minimum absolute atomic E-state index is 0.0107. The van der Waals surface area contributed by atoms with Crippen molar-refractivity contribution in [3.8, 4) is 0 Å². The van der Waals surface area contributed by atoms with Crippen molar-refractivity contribution in [2.75, 3.05) is 16.8 Å². The fourth-order valence-corrected chi connectivity index (χ4v) is 2.61. The number of rotatable bonds is 5. The first-order valence-corrected chi connectivity index (χ1v) is 8.38. The highest BCUT2D eigenvalue weighted by molar-refractivity contribution is 6.31. The minimum atomic E-state index is -0.511. The third-order valence-electron chi connectivity index (χ3n) is 3.68. The van der Waals surface area contributed by atoms with Gasteiger partial charge in [-0.05, 0) is 43.3 Å². The summed E-state index contributed by atoms with van der Waals surface area (Å²) in [5, 5.41) is 2.91. The maximum Gasteiger partial charge on any atom is 0.277 e. The molecule has 0 unspecified atom stereocenters. The van der Waals surface area contributed by atoms with Gasteiger partial charge in [0.1, 0.15) is 11.5 Å². The number of aromatic nitrogens is 2. The second-order valence-corrected chi connectivity index (χ2v) is 5.81. The molecule has 132 valence electrons. The van der Waals surface area contributed by atoms with Crippen LogP contribution >= 0.6 is 11.6 Å². The van der Waals surface area contributed by atoms with Crippen LogP contribution in [0.1, 0.15) is 17.4 Å². The Bertz CT molecular complexity index is 920. The summed E-state index contributed by atoms with van der Waals surface area (Å²) >= 11 is 5.77. The molecule has 7 heteroatoms. The van der Waals surface area contributed by atoms with E-state index in [1.54, 1.807) is 11.0 Å². The number of para-hydroxylation sites is 1. The van der Waals surface area contributed by atoms with Crippen molar-refractivity contribution in [3.05, 3.63) is 77.3 Å². The molecule has 0 aliphatic heterocycles. The maximum atomic E-state index is 13.3. The van der Waals surface area contributed by atoms with Gasteiger partial charge >= 0.3 is 0 Å². The molecule has 0 spiro atoms. The number of carbonyl (C=O) groups is 1. The van der Waals surface area contributed by atoms with Gasteiger partial charge in [-0.1, -0.05) is 29.8 Å². The zero-order valence-electron chi connectivity index (χ0n) is 14.0. The monoisotopic (exact) mass is 370 g/mol. The maximum absolute atomic E-state index is 13.3. The lowest BCUT2D eigenvalue weighted by Gasteiger charge is -2.20. The Morgan fingerprint density at radius 1 is 1.19 bits per heavy atom. The molecule has 3 rings (SSSR count). The van der Waals surface area contributed by atoms with Crippen LogP contribution in [0.5, 0.6) is 0 Å². The summed E-state index contributed by atoms with van der Waals surface area (Å²) in [6, 6.07) is 15.1. The first-order valence-electron chi connectivity index (χ1n) is 8.00. The molecule has 1 heterocycles. The summed E-state index contributed by atoms with van der Waals surface area (Å²) in [6.45, 7) is 2.40. The quantitative estimate of drug-likeness (QED) is 0.708. The molecule has 0 saturated heterocycles. The highest BCUT2D eigenvalue weighted by Gasteiger charge is 2.18. The Balaban J connectivity index is 1.84. The number of carbonyl (C=O) groups excluding carboxylic acids is 1. The van der Waals surface area contributed by atoms with E-state index in [9.17, 15) is 9.18 Å². The molecule has 2 aromatic carbocycles. The van der Waals surface area contributed by atoms with Gasteiger partial charge in [0.25, 0.3) is 5.91 Å². The summed E-state index contributed by atoms with van der Waals surface area (Å²) in [5.41, 5.74) is 1.57. The standard InChI is InChI=1S/C19H16ClFN4O/c1-2-25(14-6-4-3-5-7-14)18(26)17-10-11-22-19(24-17)23-13-8-9-16(21)15(20)12-13/h3-12H,2H2,1H3,(H,22,23,24). The molecular formula is C19H16ClFN4O. The topological polar surface area (TPSA) is 58.1 Å². The van der Waals surface area contributed by atoms with Crippen molar-refractivity contribution in [2.24, 2.45) is 0 Å². The number of halogens is 2. The molecule has 1 N–H and O–H groups in total. The molecule has 0 aliphatic rings. The molecule has 0 radical (unpaired) electrons. The SMILES string of the molecule is CCN(C(=O)c1ccnc(Nc2ccc(F)c(Cl)c2)n1)c1ccccc1. The average molecular weight is 371 g/mol. The van der Waals surface area contributed by atoms with Gasteiger partial charge in [0, 0.05) is 24.1 Å². The van der Waals surface area contributed by atoms with Crippen molar-refractivity contribution in [3.63, 3.8) is 0 Å². The van der Waals surface area contributed by atoms with Gasteiger partial charge in [0.05, 0.1) is 5.02 Å². The van der Waals surface area contributed by atoms with E-state index in [4.69, 9.17) is 11.6 Å². The normalized spacial score (nSPS) is 10.4. The first-order chi connectivity index (χ1) is 12.6. The Labute approximate surface area is 155 Å². The lowest BCUT2D eigenvalue weighted by Crippen LogP contribution is -2.31. The minimum Gasteiger partial charge on any atom is -0.324 e. The van der Waals surface area contributed by atoms with E-state index < -0.39 is 5.82 Å². The van der Waals surface area contributed by atoms with Crippen LogP contribution < -0.4 is 10.2 Å². The second kappa shape index (κ2) is 7.93. The lowest BCUT2D eigenvalue weighted by atomic mass is 10.2. The molecule has 1 amide bonds. The van der Waals surface area contributed by atoms with Crippen LogP contribution in [-0.4, -0.2) is 22.4 Å². The van der Waals surface area contributed by atoms with E-state index in [1.165, 1.54) is 24.4 Å². The Kier molecular flexibility index (Phi) is 5.43. The largest absolute Gasteiger partial charge is 0.324 e. The number of nitrogens with one attached hydrogen (secondary N) is 1. The molecule has 0 fully saturated rings. The van der Waals surface area contributed by atoms with Gasteiger partial charge < -0.3 is 10.2 Å². The number of anilines is 3. The van der Waals surface area contributed by atoms with E-state index in [0.29, 0.717) is 12.2 Å². The fraction of sp³-hybridized carbons (Fsp3) is 0.105. The summed E-state index contributed by atoms with van der Waals surface area (Å²) in [7, 11) is 0. The smallest absolute Gasteiger partial charge is 0.277 e. The van der Waals surface area contributed by atoms with E-state index in [0.717, 1.165) is 5.69 Å². The van der Waals surface area contributed by atoms with Crippen LogP contribution in [0.15, 0.2) is 60.8 Å². The molecule has 0 atom stereocenters. The lowest BCUT2D eigenvalue weighted by molar-refractivity contribution is 0.0983. The first kappa shape index (κ1) is 17.8. The van der Waals surface area contributed by atoms with Gasteiger partial charge in [0.2, 0.25) is 5.95 Å². The zero-order chi connectivity index (χ0) is 18.5. The predicted molar refractivity (Wildman–Crippen MR) is 101 cm³/mol. The summed E-state index contributed by atoms with van der Waals surface area (Å²) in [6.07, 6.45) is 1.49. The van der Waals surface area contributed by atoms with Crippen LogP contribution in [0, 0.1) is 5.82 Å². The van der Waals surface area contributed by atoms with Crippen molar-refractivity contribution < 1.29 is 9.18 Å². The summed E-state index contributed by atoms with van der Waals surface area (Å²) < 4.78 is 13.3. The van der Waals surface area contributed by atoms with Crippen LogP contribution in [0.25, 0.3) is 0 Å². The molecule has 26 heavy (non-hydrogen) atoms. The number of benzene rings is 2. The molecule has 0 aliphatic carbocycles. The van der Waals surface area contributed by atoms with E-state index in [1.807, 2.05) is 37.3 Å². The van der Waals surface area contributed by atoms with Crippen LogP contribution in [0.2, 0.25) is 5.02 Å². The fourth-order valence-electron chi connectivity index (χ4n) is 2.43. The second-order valence-electron chi connectivity index (χ2n) is 5.40. The van der Waals surface area contributed by atoms with Crippen LogP contribution in [-0.2, 0) is 0 Å². The van der Waals surface area contributed by atoms with E-state index in [-0.39, 0.29) is 22.6 Å². The highest BCUT2D eigenvalue weighted by atomic mass is 35.5. The van der Waals surface area contributed by atoms with Gasteiger partial charge in [0.15, 0.2) is 0 Å². The molecule has 0 saturated carbocycles. The molecular weight excluding hydrogens is 355 g/mol. The average Bonchev–Trinajstić information content (AvgIpc) is 2.66. The number of hydrogen-bond acceptors (Lipinski definition) is 4. The Morgan fingerprint density at radius 2 is 1.96 bits per heavy atom. The van der Waals surface area contributed by atoms with Gasteiger partial charge in [-0.25, -0.2) is 14.4 Å². The summed E-state index contributed by atoms with van der Waals surface area (Å²) in [5.74, 6) is -0.521. The van der Waals surface area contributed by atoms with E-state index >= 15 is 0 Å². The van der Waals surface area contributed by atoms with Crippen molar-refractivity contribution >= 4 is 34.8 Å². The van der Waals surface area contributed by atoms with Gasteiger partial charge in [-0.3, -0.25) is 4.79 Å².